The SMILES string of the molecule is Cc1noc(C)c1-c1ccc(-c2c(C#N)c(N)[nH]c(=O)c2C#N)cc1. The first-order chi connectivity index (χ1) is 12.0. The van der Waals surface area contributed by atoms with Gasteiger partial charge in [0.25, 0.3) is 5.56 Å². The van der Waals surface area contributed by atoms with Crippen molar-refractivity contribution in [2.75, 3.05) is 5.73 Å². The molecule has 0 aliphatic rings. The first-order valence-corrected chi connectivity index (χ1v) is 7.37. The number of nitrogens with zero attached hydrogens (tertiary/aromatic N) is 3. The van der Waals surface area contributed by atoms with Crippen molar-refractivity contribution in [1.29, 1.82) is 10.5 Å². The van der Waals surface area contributed by atoms with Gasteiger partial charge in [-0.25, -0.2) is 0 Å². The molecular weight excluding hydrogens is 318 g/mol. The Labute approximate surface area is 142 Å². The summed E-state index contributed by atoms with van der Waals surface area (Å²) in [4.78, 5) is 14.3. The molecule has 0 bridgehead atoms. The maximum atomic E-state index is 12.0. The highest BCUT2D eigenvalue weighted by molar-refractivity contribution is 5.81. The van der Waals surface area contributed by atoms with Crippen molar-refractivity contribution >= 4 is 5.82 Å². The lowest BCUT2D eigenvalue weighted by Crippen LogP contribution is -2.16. The summed E-state index contributed by atoms with van der Waals surface area (Å²) in [6, 6.07) is 10.9. The number of aromatic amines is 1. The number of hydrogen-bond acceptors (Lipinski definition) is 6. The van der Waals surface area contributed by atoms with Crippen LogP contribution in [-0.2, 0) is 0 Å². The van der Waals surface area contributed by atoms with E-state index in [2.05, 4.69) is 10.1 Å². The van der Waals surface area contributed by atoms with Gasteiger partial charge in [0.1, 0.15) is 34.8 Å². The van der Waals surface area contributed by atoms with Gasteiger partial charge in [0.15, 0.2) is 0 Å². The Morgan fingerprint density at radius 1 is 1.04 bits per heavy atom. The van der Waals surface area contributed by atoms with Crippen LogP contribution in [0.15, 0.2) is 33.6 Å². The molecule has 3 aromatic rings. The van der Waals surface area contributed by atoms with E-state index >= 15 is 0 Å². The maximum Gasteiger partial charge on any atom is 0.268 e. The molecule has 2 heterocycles. The van der Waals surface area contributed by atoms with Crippen molar-refractivity contribution in [2.24, 2.45) is 0 Å². The van der Waals surface area contributed by atoms with Crippen LogP contribution in [0.25, 0.3) is 22.3 Å². The second-order valence-corrected chi connectivity index (χ2v) is 5.49. The van der Waals surface area contributed by atoms with E-state index in [4.69, 9.17) is 10.3 Å². The van der Waals surface area contributed by atoms with E-state index in [1.165, 1.54) is 0 Å². The van der Waals surface area contributed by atoms with E-state index in [-0.39, 0.29) is 22.5 Å². The van der Waals surface area contributed by atoms with E-state index in [1.807, 2.05) is 38.1 Å². The Hall–Kier alpha value is -3.84. The van der Waals surface area contributed by atoms with Gasteiger partial charge >= 0.3 is 0 Å². The molecule has 0 atom stereocenters. The van der Waals surface area contributed by atoms with Gasteiger partial charge in [-0.1, -0.05) is 29.4 Å². The first kappa shape index (κ1) is 16.0. The van der Waals surface area contributed by atoms with Crippen molar-refractivity contribution in [3.05, 3.63) is 57.2 Å². The number of benzene rings is 1. The van der Waals surface area contributed by atoms with Crippen molar-refractivity contribution in [3.8, 4) is 34.4 Å². The van der Waals surface area contributed by atoms with Crippen molar-refractivity contribution in [3.63, 3.8) is 0 Å². The molecule has 0 radical (unpaired) electrons. The topological polar surface area (TPSA) is 132 Å². The summed E-state index contributed by atoms with van der Waals surface area (Å²) in [7, 11) is 0. The van der Waals surface area contributed by atoms with E-state index in [9.17, 15) is 15.3 Å². The minimum Gasteiger partial charge on any atom is -0.384 e. The molecule has 3 N–H and O–H groups in total. The van der Waals surface area contributed by atoms with Crippen LogP contribution in [0, 0.1) is 36.5 Å². The Morgan fingerprint density at radius 2 is 1.60 bits per heavy atom. The van der Waals surface area contributed by atoms with Gasteiger partial charge in [0.2, 0.25) is 0 Å². The van der Waals surface area contributed by atoms with Crippen LogP contribution >= 0.6 is 0 Å². The lowest BCUT2D eigenvalue weighted by Gasteiger charge is -2.09. The van der Waals surface area contributed by atoms with Crippen LogP contribution in [0.1, 0.15) is 22.6 Å². The molecule has 0 saturated carbocycles. The summed E-state index contributed by atoms with van der Waals surface area (Å²) in [5.41, 5.74) is 8.36. The number of nitrogens with one attached hydrogen (secondary N) is 1. The molecule has 122 valence electrons. The zero-order chi connectivity index (χ0) is 18.1. The van der Waals surface area contributed by atoms with Gasteiger partial charge in [-0.2, -0.15) is 10.5 Å². The number of aryl methyl sites for hydroxylation is 2. The van der Waals surface area contributed by atoms with E-state index < -0.39 is 5.56 Å². The van der Waals surface area contributed by atoms with Crippen LogP contribution in [0.3, 0.4) is 0 Å². The highest BCUT2D eigenvalue weighted by atomic mass is 16.5. The molecular formula is C18H13N5O2. The molecule has 0 saturated heterocycles. The smallest absolute Gasteiger partial charge is 0.268 e. The number of nitriles is 2. The van der Waals surface area contributed by atoms with Crippen molar-refractivity contribution in [2.45, 2.75) is 13.8 Å². The molecule has 25 heavy (non-hydrogen) atoms. The Bertz CT molecular complexity index is 1090. The number of anilines is 1. The van der Waals surface area contributed by atoms with Gasteiger partial charge < -0.3 is 15.2 Å². The number of H-pyrrole nitrogens is 1. The third kappa shape index (κ3) is 2.54. The summed E-state index contributed by atoms with van der Waals surface area (Å²) in [6.45, 7) is 3.67. The second-order valence-electron chi connectivity index (χ2n) is 5.49. The molecule has 7 nitrogen and oxygen atoms in total. The number of aromatic nitrogens is 2. The van der Waals surface area contributed by atoms with Gasteiger partial charge in [-0.3, -0.25) is 4.79 Å². The van der Waals surface area contributed by atoms with Crippen LogP contribution in [0.2, 0.25) is 0 Å². The lowest BCUT2D eigenvalue weighted by atomic mass is 9.94. The van der Waals surface area contributed by atoms with E-state index in [1.54, 1.807) is 12.1 Å². The fourth-order valence-corrected chi connectivity index (χ4v) is 2.83. The fraction of sp³-hybridized carbons (Fsp3) is 0.111. The molecule has 0 aliphatic heterocycles. The minimum absolute atomic E-state index is 0.0590. The fourth-order valence-electron chi connectivity index (χ4n) is 2.83. The highest BCUT2D eigenvalue weighted by Gasteiger charge is 2.18. The van der Waals surface area contributed by atoms with Crippen LogP contribution < -0.4 is 11.3 Å². The maximum absolute atomic E-state index is 12.0. The standard InChI is InChI=1S/C18H13N5O2/c1-9-15(10(2)25-23-9)11-3-5-12(6-4-11)16-13(7-19)17(21)22-18(24)14(16)8-20/h3-6H,1-2H3,(H3,21,22,24). The van der Waals surface area contributed by atoms with E-state index in [0.717, 1.165) is 16.8 Å². The lowest BCUT2D eigenvalue weighted by molar-refractivity contribution is 0.393. The molecule has 2 aromatic heterocycles. The molecule has 0 fully saturated rings. The Balaban J connectivity index is 2.22. The number of nitrogen functional groups attached to an aromatic ring is 1. The molecule has 1 aromatic carbocycles. The Kier molecular flexibility index (Phi) is 3.84. The highest BCUT2D eigenvalue weighted by Crippen LogP contribution is 2.32. The third-order valence-electron chi connectivity index (χ3n) is 3.96. The monoisotopic (exact) mass is 331 g/mol. The predicted octanol–water partition coefficient (Wildman–Crippen LogP) is 2.64. The first-order valence-electron chi connectivity index (χ1n) is 7.37. The zero-order valence-electron chi connectivity index (χ0n) is 13.5. The number of hydrogen-bond donors (Lipinski definition) is 2. The summed E-state index contributed by atoms with van der Waals surface area (Å²) < 4.78 is 5.17. The average Bonchev–Trinajstić information content (AvgIpc) is 2.93. The minimum atomic E-state index is -0.621. The molecule has 0 unspecified atom stereocenters. The second kappa shape index (κ2) is 5.99. The molecule has 7 heteroatoms. The summed E-state index contributed by atoms with van der Waals surface area (Å²) in [5.74, 6) is 0.636. The van der Waals surface area contributed by atoms with Crippen LogP contribution in [-0.4, -0.2) is 10.1 Å². The van der Waals surface area contributed by atoms with E-state index in [0.29, 0.717) is 11.3 Å². The van der Waals surface area contributed by atoms with Gasteiger partial charge in [0, 0.05) is 11.1 Å². The van der Waals surface area contributed by atoms with Gasteiger partial charge in [-0.15, -0.1) is 0 Å². The predicted molar refractivity (Wildman–Crippen MR) is 91.3 cm³/mol. The van der Waals surface area contributed by atoms with Crippen LogP contribution in [0.5, 0.6) is 0 Å². The quantitative estimate of drug-likeness (QED) is 0.741. The molecule has 0 spiro atoms. The summed E-state index contributed by atoms with van der Waals surface area (Å²) in [5, 5.41) is 22.6. The van der Waals surface area contributed by atoms with Crippen molar-refractivity contribution < 1.29 is 4.52 Å². The number of nitrogens with two attached hydrogens (primary N) is 1. The normalized spacial score (nSPS) is 10.2. The summed E-state index contributed by atoms with van der Waals surface area (Å²) in [6.07, 6.45) is 0. The average molecular weight is 331 g/mol. The van der Waals surface area contributed by atoms with Gasteiger partial charge in [0.05, 0.1) is 5.69 Å². The summed E-state index contributed by atoms with van der Waals surface area (Å²) >= 11 is 0. The third-order valence-corrected chi connectivity index (χ3v) is 3.96. The van der Waals surface area contributed by atoms with Crippen molar-refractivity contribution in [1.82, 2.24) is 10.1 Å². The zero-order valence-corrected chi connectivity index (χ0v) is 13.5. The largest absolute Gasteiger partial charge is 0.384 e. The molecule has 0 aliphatic carbocycles. The number of pyridine rings is 1. The van der Waals surface area contributed by atoms with Crippen LogP contribution in [0.4, 0.5) is 5.82 Å². The van der Waals surface area contributed by atoms with Gasteiger partial charge in [-0.05, 0) is 25.0 Å². The molecule has 3 rings (SSSR count). The molecule has 0 amide bonds. The Morgan fingerprint density at radius 3 is 2.08 bits per heavy atom. The number of rotatable bonds is 2.